The average Bonchev–Trinajstić information content (AvgIpc) is 3.22. The fourth-order valence-corrected chi connectivity index (χ4v) is 3.48. The quantitative estimate of drug-likeness (QED) is 0.778. The zero-order valence-electron chi connectivity index (χ0n) is 14.8. The Morgan fingerprint density at radius 2 is 2.12 bits per heavy atom. The number of nitrogens with zero attached hydrogens (tertiary/aromatic N) is 5. The van der Waals surface area contributed by atoms with Crippen LogP contribution in [0.15, 0.2) is 42.7 Å². The van der Waals surface area contributed by atoms with Gasteiger partial charge in [-0.05, 0) is 32.3 Å². The molecule has 3 heterocycles. The maximum absolute atomic E-state index is 4.61. The van der Waals surface area contributed by atoms with Gasteiger partial charge < -0.3 is 5.32 Å². The van der Waals surface area contributed by atoms with Crippen molar-refractivity contribution in [3.05, 3.63) is 65.5 Å². The first-order valence-electron chi connectivity index (χ1n) is 8.93. The van der Waals surface area contributed by atoms with E-state index in [1.54, 1.807) is 0 Å². The predicted octanol–water partition coefficient (Wildman–Crippen LogP) is 3.02. The van der Waals surface area contributed by atoms with Crippen LogP contribution in [0.1, 0.15) is 54.6 Å². The Morgan fingerprint density at radius 3 is 2.96 bits per heavy atom. The number of aryl methyl sites for hydroxylation is 2. The fourth-order valence-electron chi connectivity index (χ4n) is 3.48. The van der Waals surface area contributed by atoms with Gasteiger partial charge in [0.1, 0.15) is 11.6 Å². The van der Waals surface area contributed by atoms with E-state index in [2.05, 4.69) is 57.9 Å². The second-order valence-electron chi connectivity index (χ2n) is 6.78. The summed E-state index contributed by atoms with van der Waals surface area (Å²) in [6.45, 7) is 5.91. The van der Waals surface area contributed by atoms with Gasteiger partial charge in [0, 0.05) is 24.3 Å². The lowest BCUT2D eigenvalue weighted by molar-refractivity contribution is 0.344. The molecule has 2 aromatic heterocycles. The SMILES string of the molecule is Cc1nc2n(n1)CCC[C@@H]2N[C@H](C)c1cnn(Cc2ccccc2)c1. The van der Waals surface area contributed by atoms with Crippen LogP contribution in [0, 0.1) is 6.92 Å². The normalized spacial score (nSPS) is 18.1. The van der Waals surface area contributed by atoms with Gasteiger partial charge in [0.25, 0.3) is 0 Å². The van der Waals surface area contributed by atoms with E-state index in [0.717, 1.165) is 37.6 Å². The van der Waals surface area contributed by atoms with Gasteiger partial charge in [-0.1, -0.05) is 30.3 Å². The van der Waals surface area contributed by atoms with Crippen molar-refractivity contribution in [3.8, 4) is 0 Å². The van der Waals surface area contributed by atoms with Gasteiger partial charge in [0.2, 0.25) is 0 Å². The summed E-state index contributed by atoms with van der Waals surface area (Å²) >= 11 is 0. The monoisotopic (exact) mass is 336 g/mol. The third-order valence-electron chi connectivity index (χ3n) is 4.77. The Balaban J connectivity index is 1.44. The molecule has 0 aliphatic carbocycles. The highest BCUT2D eigenvalue weighted by atomic mass is 15.4. The second kappa shape index (κ2) is 6.80. The lowest BCUT2D eigenvalue weighted by Crippen LogP contribution is -2.30. The fraction of sp³-hybridized carbons (Fsp3) is 0.421. The van der Waals surface area contributed by atoms with Crippen molar-refractivity contribution in [1.82, 2.24) is 29.9 Å². The van der Waals surface area contributed by atoms with Crippen LogP contribution in [-0.4, -0.2) is 24.5 Å². The minimum Gasteiger partial charge on any atom is -0.301 e. The van der Waals surface area contributed by atoms with E-state index in [4.69, 9.17) is 0 Å². The van der Waals surface area contributed by atoms with E-state index >= 15 is 0 Å². The second-order valence-corrected chi connectivity index (χ2v) is 6.78. The number of aromatic nitrogens is 5. The van der Waals surface area contributed by atoms with Crippen molar-refractivity contribution in [2.45, 2.75) is 51.9 Å². The first kappa shape index (κ1) is 16.0. The molecule has 0 bridgehead atoms. The van der Waals surface area contributed by atoms with Crippen LogP contribution in [0.4, 0.5) is 0 Å². The molecule has 25 heavy (non-hydrogen) atoms. The molecule has 0 saturated carbocycles. The molecule has 1 N–H and O–H groups in total. The van der Waals surface area contributed by atoms with E-state index in [-0.39, 0.29) is 12.1 Å². The Kier molecular flexibility index (Phi) is 4.36. The van der Waals surface area contributed by atoms with Crippen molar-refractivity contribution in [3.63, 3.8) is 0 Å². The van der Waals surface area contributed by atoms with E-state index in [1.807, 2.05) is 28.6 Å². The third-order valence-corrected chi connectivity index (χ3v) is 4.77. The van der Waals surface area contributed by atoms with Gasteiger partial charge in [-0.15, -0.1) is 0 Å². The molecule has 0 amide bonds. The summed E-state index contributed by atoms with van der Waals surface area (Å²) in [7, 11) is 0. The number of nitrogens with one attached hydrogen (secondary N) is 1. The number of fused-ring (bicyclic) bond motifs is 1. The smallest absolute Gasteiger partial charge is 0.147 e. The topological polar surface area (TPSA) is 60.6 Å². The van der Waals surface area contributed by atoms with Crippen LogP contribution in [0.2, 0.25) is 0 Å². The van der Waals surface area contributed by atoms with E-state index in [1.165, 1.54) is 11.1 Å². The van der Waals surface area contributed by atoms with Crippen molar-refractivity contribution in [2.24, 2.45) is 0 Å². The third kappa shape index (κ3) is 3.49. The molecule has 130 valence electrons. The van der Waals surface area contributed by atoms with Gasteiger partial charge in [-0.3, -0.25) is 4.68 Å². The molecule has 0 radical (unpaired) electrons. The number of hydrogen-bond donors (Lipinski definition) is 1. The molecular weight excluding hydrogens is 312 g/mol. The Bertz CT molecular complexity index is 835. The summed E-state index contributed by atoms with van der Waals surface area (Å²) in [5.41, 5.74) is 2.46. The van der Waals surface area contributed by atoms with E-state index in [9.17, 15) is 0 Å². The lowest BCUT2D eigenvalue weighted by atomic mass is 10.0. The molecule has 4 rings (SSSR count). The summed E-state index contributed by atoms with van der Waals surface area (Å²) in [4.78, 5) is 4.61. The highest BCUT2D eigenvalue weighted by molar-refractivity contribution is 5.17. The minimum atomic E-state index is 0.220. The molecule has 6 heteroatoms. The first-order chi connectivity index (χ1) is 12.2. The molecule has 2 atom stereocenters. The Labute approximate surface area is 147 Å². The van der Waals surface area contributed by atoms with Gasteiger partial charge >= 0.3 is 0 Å². The predicted molar refractivity (Wildman–Crippen MR) is 96.1 cm³/mol. The average molecular weight is 336 g/mol. The number of benzene rings is 1. The summed E-state index contributed by atoms with van der Waals surface area (Å²) in [5.74, 6) is 1.92. The Morgan fingerprint density at radius 1 is 1.28 bits per heavy atom. The lowest BCUT2D eigenvalue weighted by Gasteiger charge is -2.26. The van der Waals surface area contributed by atoms with Crippen molar-refractivity contribution < 1.29 is 0 Å². The highest BCUT2D eigenvalue weighted by Crippen LogP contribution is 2.26. The first-order valence-corrected chi connectivity index (χ1v) is 8.93. The maximum atomic E-state index is 4.61. The maximum Gasteiger partial charge on any atom is 0.147 e. The molecule has 3 aromatic rings. The summed E-state index contributed by atoms with van der Waals surface area (Å²) in [6, 6.07) is 10.9. The Hall–Kier alpha value is -2.47. The van der Waals surface area contributed by atoms with Crippen molar-refractivity contribution in [1.29, 1.82) is 0 Å². The summed E-state index contributed by atoms with van der Waals surface area (Å²) in [5, 5.41) is 12.7. The zero-order valence-corrected chi connectivity index (χ0v) is 14.8. The van der Waals surface area contributed by atoms with Crippen LogP contribution in [0.3, 0.4) is 0 Å². The van der Waals surface area contributed by atoms with Gasteiger partial charge in [0.05, 0.1) is 18.8 Å². The minimum absolute atomic E-state index is 0.220. The molecular formula is C19H24N6. The molecule has 1 aromatic carbocycles. The molecule has 1 aliphatic heterocycles. The van der Waals surface area contributed by atoms with Crippen LogP contribution in [0.5, 0.6) is 0 Å². The molecule has 0 saturated heterocycles. The zero-order chi connectivity index (χ0) is 17.2. The standard InChI is InChI=1S/C19H24N6/c1-14(21-18-9-6-10-25-19(18)22-15(2)23-25)17-11-20-24(13-17)12-16-7-4-3-5-8-16/h3-5,7-8,11,13-14,18,21H,6,9-10,12H2,1-2H3/t14-,18+/m1/s1. The van der Waals surface area contributed by atoms with Crippen LogP contribution in [0.25, 0.3) is 0 Å². The molecule has 1 aliphatic rings. The van der Waals surface area contributed by atoms with Crippen molar-refractivity contribution in [2.75, 3.05) is 0 Å². The summed E-state index contributed by atoms with van der Waals surface area (Å²) in [6.07, 6.45) is 6.32. The van der Waals surface area contributed by atoms with Crippen molar-refractivity contribution >= 4 is 0 Å². The van der Waals surface area contributed by atoms with Gasteiger partial charge in [0.15, 0.2) is 0 Å². The van der Waals surface area contributed by atoms with Gasteiger partial charge in [-0.25, -0.2) is 9.67 Å². The van der Waals surface area contributed by atoms with Gasteiger partial charge in [-0.2, -0.15) is 10.2 Å². The number of hydrogen-bond acceptors (Lipinski definition) is 4. The largest absolute Gasteiger partial charge is 0.301 e. The molecule has 0 fully saturated rings. The van der Waals surface area contributed by atoms with E-state index in [0.29, 0.717) is 0 Å². The molecule has 0 unspecified atom stereocenters. The number of rotatable bonds is 5. The molecule has 0 spiro atoms. The van der Waals surface area contributed by atoms with Crippen LogP contribution >= 0.6 is 0 Å². The summed E-state index contributed by atoms with van der Waals surface area (Å²) < 4.78 is 4.04. The highest BCUT2D eigenvalue weighted by Gasteiger charge is 2.25. The molecule has 6 nitrogen and oxygen atoms in total. The van der Waals surface area contributed by atoms with Crippen LogP contribution in [-0.2, 0) is 13.1 Å². The van der Waals surface area contributed by atoms with E-state index < -0.39 is 0 Å². The van der Waals surface area contributed by atoms with Crippen LogP contribution < -0.4 is 5.32 Å².